The average Bonchev–Trinajstić information content (AvgIpc) is 2.25. The maximum Gasteiger partial charge on any atom is 0.242 e. The van der Waals surface area contributed by atoms with Gasteiger partial charge in [0, 0.05) is 6.92 Å². The first-order valence-electron chi connectivity index (χ1n) is 5.60. The Morgan fingerprint density at radius 1 is 1.31 bits per heavy atom. The summed E-state index contributed by atoms with van der Waals surface area (Å²) in [4.78, 5) is 22.5. The Bertz CT molecular complexity index is 241. The maximum absolute atomic E-state index is 11.7. The minimum absolute atomic E-state index is 0.0987. The van der Waals surface area contributed by atoms with Crippen LogP contribution in [0.3, 0.4) is 0 Å². The van der Waals surface area contributed by atoms with Crippen LogP contribution in [0.4, 0.5) is 0 Å². The van der Waals surface area contributed by atoms with E-state index < -0.39 is 11.6 Å². The van der Waals surface area contributed by atoms with Gasteiger partial charge in [-0.05, 0) is 19.8 Å². The molecule has 0 radical (unpaired) electrons. The first kappa shape index (κ1) is 14.9. The highest BCUT2D eigenvalue weighted by Gasteiger charge is 2.29. The fourth-order valence-corrected chi connectivity index (χ4v) is 1.43. The van der Waals surface area contributed by atoms with Crippen molar-refractivity contribution in [3.05, 3.63) is 0 Å². The third-order valence-corrected chi connectivity index (χ3v) is 2.86. The predicted molar refractivity (Wildman–Crippen MR) is 61.8 cm³/mol. The highest BCUT2D eigenvalue weighted by Crippen LogP contribution is 2.14. The molecule has 94 valence electrons. The van der Waals surface area contributed by atoms with Crippen LogP contribution >= 0.6 is 0 Å². The monoisotopic (exact) mass is 230 g/mol. The molecule has 5 heteroatoms. The van der Waals surface area contributed by atoms with Crippen molar-refractivity contribution >= 4 is 11.8 Å². The summed E-state index contributed by atoms with van der Waals surface area (Å²) in [6, 6.07) is -0.582. The van der Waals surface area contributed by atoms with Gasteiger partial charge in [-0.3, -0.25) is 9.59 Å². The molecule has 0 saturated heterocycles. The van der Waals surface area contributed by atoms with E-state index in [1.165, 1.54) is 6.92 Å². The number of amides is 2. The van der Waals surface area contributed by atoms with Crippen LogP contribution in [-0.2, 0) is 9.59 Å². The summed E-state index contributed by atoms with van der Waals surface area (Å²) in [5, 5.41) is 14.6. The molecule has 0 aromatic heterocycles. The van der Waals surface area contributed by atoms with Gasteiger partial charge in [0.2, 0.25) is 11.8 Å². The molecule has 0 aliphatic rings. The Morgan fingerprint density at radius 2 is 1.81 bits per heavy atom. The van der Waals surface area contributed by atoms with Gasteiger partial charge >= 0.3 is 0 Å². The van der Waals surface area contributed by atoms with Crippen molar-refractivity contribution < 1.29 is 14.7 Å². The van der Waals surface area contributed by atoms with Crippen molar-refractivity contribution in [2.24, 2.45) is 0 Å². The molecule has 1 unspecified atom stereocenters. The zero-order valence-corrected chi connectivity index (χ0v) is 10.5. The van der Waals surface area contributed by atoms with Gasteiger partial charge in [0.05, 0.1) is 12.1 Å². The van der Waals surface area contributed by atoms with Gasteiger partial charge in [-0.25, -0.2) is 0 Å². The van der Waals surface area contributed by atoms with Crippen LogP contribution in [-0.4, -0.2) is 35.1 Å². The molecule has 2 amide bonds. The van der Waals surface area contributed by atoms with Crippen molar-refractivity contribution in [2.45, 2.75) is 52.1 Å². The lowest BCUT2D eigenvalue weighted by Gasteiger charge is -2.32. The summed E-state index contributed by atoms with van der Waals surface area (Å²) in [7, 11) is 0. The molecule has 5 nitrogen and oxygen atoms in total. The highest BCUT2D eigenvalue weighted by atomic mass is 16.3. The Kier molecular flexibility index (Phi) is 6.03. The van der Waals surface area contributed by atoms with E-state index in [2.05, 4.69) is 10.6 Å². The van der Waals surface area contributed by atoms with E-state index in [1.54, 1.807) is 6.92 Å². The lowest BCUT2D eigenvalue weighted by atomic mass is 9.93. The molecule has 0 rings (SSSR count). The third-order valence-electron chi connectivity index (χ3n) is 2.86. The molecule has 16 heavy (non-hydrogen) atoms. The molecule has 0 aromatic carbocycles. The summed E-state index contributed by atoms with van der Waals surface area (Å²) in [5.74, 6) is -0.516. The predicted octanol–water partition coefficient (Wildman–Crippen LogP) is 0.178. The van der Waals surface area contributed by atoms with Crippen molar-refractivity contribution in [3.63, 3.8) is 0 Å². The Morgan fingerprint density at radius 3 is 2.12 bits per heavy atom. The number of nitrogens with one attached hydrogen (secondary N) is 2. The number of aliphatic hydroxyl groups is 1. The largest absolute Gasteiger partial charge is 0.394 e. The zero-order chi connectivity index (χ0) is 12.8. The van der Waals surface area contributed by atoms with Crippen molar-refractivity contribution in [3.8, 4) is 0 Å². The minimum atomic E-state index is -0.582. The van der Waals surface area contributed by atoms with Gasteiger partial charge in [0.25, 0.3) is 0 Å². The molecular formula is C11H22N2O3. The molecule has 0 fully saturated rings. The smallest absolute Gasteiger partial charge is 0.242 e. The van der Waals surface area contributed by atoms with Crippen LogP contribution in [0.5, 0.6) is 0 Å². The molecule has 0 aromatic rings. The van der Waals surface area contributed by atoms with Crippen LogP contribution in [0, 0.1) is 0 Å². The summed E-state index contributed by atoms with van der Waals surface area (Å²) in [5.41, 5.74) is -0.580. The second kappa shape index (κ2) is 6.48. The van der Waals surface area contributed by atoms with Crippen LogP contribution in [0.1, 0.15) is 40.5 Å². The van der Waals surface area contributed by atoms with Gasteiger partial charge in [0.15, 0.2) is 0 Å². The van der Waals surface area contributed by atoms with E-state index in [9.17, 15) is 14.7 Å². The first-order chi connectivity index (χ1) is 7.40. The topological polar surface area (TPSA) is 78.4 Å². The number of hydrogen-bond donors (Lipinski definition) is 3. The van der Waals surface area contributed by atoms with Crippen LogP contribution in [0.15, 0.2) is 0 Å². The first-order valence-corrected chi connectivity index (χ1v) is 5.60. The fraction of sp³-hybridized carbons (Fsp3) is 0.818. The van der Waals surface area contributed by atoms with E-state index in [1.807, 2.05) is 13.8 Å². The summed E-state index contributed by atoms with van der Waals surface area (Å²) >= 11 is 0. The molecule has 0 bridgehead atoms. The second-order valence-corrected chi connectivity index (χ2v) is 4.06. The fourth-order valence-electron chi connectivity index (χ4n) is 1.43. The SMILES string of the molecule is CCC(CC)(CO)NC(=O)C(C)NC(C)=O. The van der Waals surface area contributed by atoms with Crippen LogP contribution in [0.25, 0.3) is 0 Å². The van der Waals surface area contributed by atoms with E-state index >= 15 is 0 Å². The minimum Gasteiger partial charge on any atom is -0.394 e. The second-order valence-electron chi connectivity index (χ2n) is 4.06. The van der Waals surface area contributed by atoms with E-state index in [0.717, 1.165) is 0 Å². The van der Waals surface area contributed by atoms with Gasteiger partial charge in [-0.1, -0.05) is 13.8 Å². The molecule has 1 atom stereocenters. The summed E-state index contributed by atoms with van der Waals surface area (Å²) in [6.45, 7) is 6.69. The normalized spacial score (nSPS) is 13.1. The summed E-state index contributed by atoms with van der Waals surface area (Å²) < 4.78 is 0. The van der Waals surface area contributed by atoms with E-state index in [-0.39, 0.29) is 18.4 Å². The average molecular weight is 230 g/mol. The molecule has 0 spiro atoms. The number of aliphatic hydroxyl groups excluding tert-OH is 1. The molecule has 0 aliphatic carbocycles. The Hall–Kier alpha value is -1.10. The molecule has 0 aliphatic heterocycles. The lowest BCUT2D eigenvalue weighted by molar-refractivity contribution is -0.129. The van der Waals surface area contributed by atoms with Gasteiger partial charge < -0.3 is 15.7 Å². The molecular weight excluding hydrogens is 208 g/mol. The molecule has 0 heterocycles. The van der Waals surface area contributed by atoms with Crippen LogP contribution in [0.2, 0.25) is 0 Å². The maximum atomic E-state index is 11.7. The zero-order valence-electron chi connectivity index (χ0n) is 10.5. The Labute approximate surface area is 96.6 Å². The summed E-state index contributed by atoms with van der Waals surface area (Å²) in [6.07, 6.45) is 1.30. The number of carbonyl (C=O) groups excluding carboxylic acids is 2. The quantitative estimate of drug-likeness (QED) is 0.609. The van der Waals surface area contributed by atoms with E-state index in [0.29, 0.717) is 12.8 Å². The molecule has 3 N–H and O–H groups in total. The number of carbonyl (C=O) groups is 2. The van der Waals surface area contributed by atoms with Gasteiger partial charge in [-0.2, -0.15) is 0 Å². The number of rotatable bonds is 6. The molecule has 0 saturated carbocycles. The lowest BCUT2D eigenvalue weighted by Crippen LogP contribution is -2.55. The van der Waals surface area contributed by atoms with Crippen molar-refractivity contribution in [1.82, 2.24) is 10.6 Å². The number of hydrogen-bond acceptors (Lipinski definition) is 3. The van der Waals surface area contributed by atoms with E-state index in [4.69, 9.17) is 0 Å². The standard InChI is InChI=1S/C11H22N2O3/c1-5-11(6-2,7-14)13-10(16)8(3)12-9(4)15/h8,14H,5-7H2,1-4H3,(H,12,15)(H,13,16). The van der Waals surface area contributed by atoms with Crippen LogP contribution < -0.4 is 10.6 Å². The third kappa shape index (κ3) is 4.18. The Balaban J connectivity index is 4.45. The van der Waals surface area contributed by atoms with Gasteiger partial charge in [-0.15, -0.1) is 0 Å². The highest BCUT2D eigenvalue weighted by molar-refractivity contribution is 5.86. The van der Waals surface area contributed by atoms with Gasteiger partial charge in [0.1, 0.15) is 6.04 Å². The van der Waals surface area contributed by atoms with Crippen molar-refractivity contribution in [1.29, 1.82) is 0 Å². The van der Waals surface area contributed by atoms with Crippen molar-refractivity contribution in [2.75, 3.05) is 6.61 Å².